The van der Waals surface area contributed by atoms with E-state index in [4.69, 9.17) is 4.18 Å². The van der Waals surface area contributed by atoms with E-state index in [1.54, 1.807) is 12.2 Å². The molecule has 2 rings (SSSR count). The molecule has 0 unspecified atom stereocenters. The summed E-state index contributed by atoms with van der Waals surface area (Å²) in [5.41, 5.74) is 2.50. The van der Waals surface area contributed by atoms with Crippen molar-refractivity contribution in [2.75, 3.05) is 0 Å². The minimum atomic E-state index is -4.27. The van der Waals surface area contributed by atoms with Crippen LogP contribution in [0.25, 0.3) is 6.08 Å². The molecule has 150 valence electrons. The standard InChI is InChI=1S/C22H27NO4S/c1-16(2)19-13-9-14-20(17(3)4)22(19)27-28(25,26)23-21(24)15-8-12-18-10-6-5-7-11-18/h5-14,16-17H,15H2,1-4H3,(H,23,24). The summed E-state index contributed by atoms with van der Waals surface area (Å²) in [4.78, 5) is 12.1. The minimum Gasteiger partial charge on any atom is -0.366 e. The fourth-order valence-electron chi connectivity index (χ4n) is 2.76. The third-order valence-electron chi connectivity index (χ3n) is 4.16. The largest absolute Gasteiger partial charge is 0.409 e. The van der Waals surface area contributed by atoms with Crippen molar-refractivity contribution in [1.29, 1.82) is 0 Å². The topological polar surface area (TPSA) is 72.5 Å². The number of rotatable bonds is 8. The van der Waals surface area contributed by atoms with Crippen molar-refractivity contribution in [2.45, 2.75) is 46.0 Å². The molecule has 0 aliphatic rings. The highest BCUT2D eigenvalue weighted by Gasteiger charge is 2.22. The molecule has 0 aliphatic carbocycles. The third kappa shape index (κ3) is 6.23. The summed E-state index contributed by atoms with van der Waals surface area (Å²) in [6, 6.07) is 15.0. The molecule has 0 fully saturated rings. The third-order valence-corrected chi connectivity index (χ3v) is 5.03. The van der Waals surface area contributed by atoms with Crippen molar-refractivity contribution in [3.8, 4) is 5.75 Å². The van der Waals surface area contributed by atoms with Gasteiger partial charge >= 0.3 is 10.3 Å². The van der Waals surface area contributed by atoms with Gasteiger partial charge in [0.25, 0.3) is 0 Å². The molecule has 0 heterocycles. The van der Waals surface area contributed by atoms with E-state index >= 15 is 0 Å². The Hall–Kier alpha value is -2.60. The average Bonchev–Trinajstić information content (AvgIpc) is 2.61. The number of hydrogen-bond donors (Lipinski definition) is 1. The number of nitrogens with one attached hydrogen (secondary N) is 1. The highest BCUT2D eigenvalue weighted by atomic mass is 32.2. The molecular formula is C22H27NO4S. The van der Waals surface area contributed by atoms with E-state index in [0.717, 1.165) is 16.7 Å². The Morgan fingerprint density at radius 1 is 0.964 bits per heavy atom. The Kier molecular flexibility index (Phi) is 7.40. The van der Waals surface area contributed by atoms with E-state index < -0.39 is 16.2 Å². The van der Waals surface area contributed by atoms with Gasteiger partial charge < -0.3 is 4.18 Å². The molecule has 0 aliphatic heterocycles. The zero-order valence-electron chi connectivity index (χ0n) is 16.7. The van der Waals surface area contributed by atoms with Gasteiger partial charge in [-0.05, 0) is 28.5 Å². The lowest BCUT2D eigenvalue weighted by atomic mass is 9.94. The molecule has 0 bridgehead atoms. The molecule has 5 nitrogen and oxygen atoms in total. The van der Waals surface area contributed by atoms with Crippen LogP contribution in [0.1, 0.15) is 62.6 Å². The van der Waals surface area contributed by atoms with Crippen LogP contribution in [-0.2, 0) is 15.1 Å². The molecular weight excluding hydrogens is 374 g/mol. The van der Waals surface area contributed by atoms with Crippen molar-refractivity contribution in [3.63, 3.8) is 0 Å². The van der Waals surface area contributed by atoms with Crippen LogP contribution < -0.4 is 8.91 Å². The van der Waals surface area contributed by atoms with Crippen LogP contribution in [-0.4, -0.2) is 14.3 Å². The van der Waals surface area contributed by atoms with Gasteiger partial charge in [-0.3, -0.25) is 4.79 Å². The molecule has 0 saturated heterocycles. The summed E-state index contributed by atoms with van der Waals surface area (Å²) < 4.78 is 32.2. The fourth-order valence-corrected chi connectivity index (χ4v) is 3.57. The van der Waals surface area contributed by atoms with E-state index in [-0.39, 0.29) is 18.3 Å². The Morgan fingerprint density at radius 2 is 1.54 bits per heavy atom. The first kappa shape index (κ1) is 21.7. The summed E-state index contributed by atoms with van der Waals surface area (Å²) in [7, 11) is -4.27. The van der Waals surface area contributed by atoms with Gasteiger partial charge in [0.15, 0.2) is 5.75 Å². The maximum atomic E-state index is 12.4. The first-order valence-electron chi connectivity index (χ1n) is 9.29. The normalized spacial score (nSPS) is 11.9. The molecule has 1 amide bonds. The van der Waals surface area contributed by atoms with Gasteiger partial charge in [0, 0.05) is 6.42 Å². The van der Waals surface area contributed by atoms with E-state index in [1.165, 1.54) is 0 Å². The van der Waals surface area contributed by atoms with Crippen molar-refractivity contribution in [3.05, 3.63) is 71.3 Å². The van der Waals surface area contributed by atoms with Gasteiger partial charge in [-0.1, -0.05) is 88.4 Å². The maximum absolute atomic E-state index is 12.4. The molecule has 2 aromatic carbocycles. The first-order valence-corrected chi connectivity index (χ1v) is 10.7. The lowest BCUT2D eigenvalue weighted by molar-refractivity contribution is -0.118. The molecule has 0 aromatic heterocycles. The fraction of sp³-hybridized carbons (Fsp3) is 0.318. The number of carbonyl (C=O) groups is 1. The molecule has 0 radical (unpaired) electrons. The Labute approximate surface area is 167 Å². The number of hydrogen-bond acceptors (Lipinski definition) is 4. The van der Waals surface area contributed by atoms with Crippen LogP contribution in [0, 0.1) is 0 Å². The number of amides is 1. The Balaban J connectivity index is 2.11. The molecule has 0 atom stereocenters. The lowest BCUT2D eigenvalue weighted by Crippen LogP contribution is -2.34. The van der Waals surface area contributed by atoms with Crippen molar-refractivity contribution in [1.82, 2.24) is 4.72 Å². The van der Waals surface area contributed by atoms with E-state index in [0.29, 0.717) is 5.75 Å². The van der Waals surface area contributed by atoms with Crippen LogP contribution in [0.5, 0.6) is 5.75 Å². The second-order valence-electron chi connectivity index (χ2n) is 7.15. The summed E-state index contributed by atoms with van der Waals surface area (Å²) in [5.74, 6) is -0.199. The van der Waals surface area contributed by atoms with E-state index in [1.807, 2.05) is 80.9 Å². The highest BCUT2D eigenvalue weighted by Crippen LogP contribution is 2.35. The SMILES string of the molecule is CC(C)c1cccc(C(C)C)c1OS(=O)(=O)NC(=O)CC=Cc1ccccc1. The maximum Gasteiger partial charge on any atom is 0.409 e. The number of carbonyl (C=O) groups excluding carboxylic acids is 1. The Bertz CT molecular complexity index is 906. The van der Waals surface area contributed by atoms with Gasteiger partial charge in [-0.25, -0.2) is 4.72 Å². The average molecular weight is 402 g/mol. The van der Waals surface area contributed by atoms with Crippen LogP contribution in [0.15, 0.2) is 54.6 Å². The zero-order chi connectivity index (χ0) is 20.7. The van der Waals surface area contributed by atoms with Gasteiger partial charge in [-0.2, -0.15) is 8.42 Å². The predicted molar refractivity (Wildman–Crippen MR) is 112 cm³/mol. The summed E-state index contributed by atoms with van der Waals surface area (Å²) in [6.45, 7) is 7.86. The number of para-hydroxylation sites is 1. The van der Waals surface area contributed by atoms with Crippen molar-refractivity contribution in [2.24, 2.45) is 0 Å². The predicted octanol–water partition coefficient (Wildman–Crippen LogP) is 4.78. The number of benzene rings is 2. The van der Waals surface area contributed by atoms with E-state index in [9.17, 15) is 13.2 Å². The summed E-state index contributed by atoms with van der Waals surface area (Å²) >= 11 is 0. The molecule has 28 heavy (non-hydrogen) atoms. The van der Waals surface area contributed by atoms with Crippen LogP contribution in [0.2, 0.25) is 0 Å². The summed E-state index contributed by atoms with van der Waals surface area (Å²) in [6.07, 6.45) is 3.31. The van der Waals surface area contributed by atoms with Crippen LogP contribution in [0.4, 0.5) is 0 Å². The first-order chi connectivity index (χ1) is 13.2. The Morgan fingerprint density at radius 3 is 2.07 bits per heavy atom. The minimum absolute atomic E-state index is 0.0691. The summed E-state index contributed by atoms with van der Waals surface area (Å²) in [5, 5.41) is 0. The lowest BCUT2D eigenvalue weighted by Gasteiger charge is -2.19. The van der Waals surface area contributed by atoms with Crippen molar-refractivity contribution < 1.29 is 17.4 Å². The van der Waals surface area contributed by atoms with Gasteiger partial charge in [-0.15, -0.1) is 0 Å². The molecule has 0 spiro atoms. The second kappa shape index (κ2) is 9.55. The zero-order valence-corrected chi connectivity index (χ0v) is 17.5. The van der Waals surface area contributed by atoms with Gasteiger partial charge in [0.1, 0.15) is 0 Å². The van der Waals surface area contributed by atoms with Gasteiger partial charge in [0.2, 0.25) is 5.91 Å². The van der Waals surface area contributed by atoms with Crippen LogP contribution in [0.3, 0.4) is 0 Å². The molecule has 1 N–H and O–H groups in total. The molecule has 2 aromatic rings. The monoisotopic (exact) mass is 401 g/mol. The van der Waals surface area contributed by atoms with Crippen LogP contribution >= 0.6 is 0 Å². The highest BCUT2D eigenvalue weighted by molar-refractivity contribution is 7.85. The van der Waals surface area contributed by atoms with E-state index in [2.05, 4.69) is 0 Å². The molecule has 0 saturated carbocycles. The van der Waals surface area contributed by atoms with Gasteiger partial charge in [0.05, 0.1) is 0 Å². The van der Waals surface area contributed by atoms with Crippen molar-refractivity contribution >= 4 is 22.3 Å². The molecule has 6 heteroatoms. The second-order valence-corrected chi connectivity index (χ2v) is 8.43. The smallest absolute Gasteiger partial charge is 0.366 e. The quantitative estimate of drug-likeness (QED) is 0.691.